The van der Waals surface area contributed by atoms with Gasteiger partial charge in [-0.25, -0.2) is 0 Å². The zero-order chi connectivity index (χ0) is 10.5. The third-order valence-electron chi connectivity index (χ3n) is 4.58. The molecule has 0 amide bonds. The molecule has 2 unspecified atom stereocenters. The van der Waals surface area contributed by atoms with E-state index in [-0.39, 0.29) is 0 Å². The van der Waals surface area contributed by atoms with Crippen LogP contribution < -0.4 is 5.32 Å². The number of nitrogens with one attached hydrogen (secondary N) is 1. The lowest BCUT2D eigenvalue weighted by Crippen LogP contribution is -2.40. The minimum absolute atomic E-state index is 0.851. The van der Waals surface area contributed by atoms with Crippen LogP contribution in [0.4, 0.5) is 0 Å². The molecule has 0 bridgehead atoms. The van der Waals surface area contributed by atoms with E-state index in [4.69, 9.17) is 0 Å². The summed E-state index contributed by atoms with van der Waals surface area (Å²) >= 11 is 0. The maximum atomic E-state index is 3.86. The van der Waals surface area contributed by atoms with Gasteiger partial charge in [-0.15, -0.1) is 0 Å². The molecule has 2 aliphatic carbocycles. The molecule has 0 aromatic rings. The van der Waals surface area contributed by atoms with Gasteiger partial charge in [-0.1, -0.05) is 39.0 Å². The van der Waals surface area contributed by atoms with Crippen molar-refractivity contribution in [3.8, 4) is 0 Å². The largest absolute Gasteiger partial charge is 0.313 e. The molecule has 2 fully saturated rings. The van der Waals surface area contributed by atoms with Crippen molar-refractivity contribution in [3.63, 3.8) is 0 Å². The third kappa shape index (κ3) is 3.21. The Balaban J connectivity index is 1.71. The van der Waals surface area contributed by atoms with Crippen LogP contribution in [0.25, 0.3) is 0 Å². The van der Waals surface area contributed by atoms with Crippen molar-refractivity contribution in [2.75, 3.05) is 6.54 Å². The second-order valence-electron chi connectivity index (χ2n) is 5.62. The van der Waals surface area contributed by atoms with Gasteiger partial charge in [0.15, 0.2) is 0 Å². The van der Waals surface area contributed by atoms with Gasteiger partial charge in [-0.05, 0) is 44.1 Å². The molecular weight excluding hydrogens is 182 g/mol. The fraction of sp³-hybridized carbons (Fsp3) is 1.00. The molecule has 2 atom stereocenters. The normalized spacial score (nSPS) is 33.4. The van der Waals surface area contributed by atoms with Gasteiger partial charge in [-0.2, -0.15) is 0 Å². The van der Waals surface area contributed by atoms with E-state index in [0.717, 1.165) is 17.9 Å². The van der Waals surface area contributed by atoms with Crippen LogP contribution in [-0.4, -0.2) is 12.6 Å². The molecule has 1 N–H and O–H groups in total. The van der Waals surface area contributed by atoms with E-state index in [1.165, 1.54) is 64.3 Å². The van der Waals surface area contributed by atoms with E-state index >= 15 is 0 Å². The monoisotopic (exact) mass is 209 g/mol. The van der Waals surface area contributed by atoms with E-state index in [2.05, 4.69) is 12.2 Å². The Bertz CT molecular complexity index is 172. The maximum absolute atomic E-state index is 3.86. The highest BCUT2D eigenvalue weighted by Crippen LogP contribution is 2.28. The maximum Gasteiger partial charge on any atom is 0.00953 e. The molecule has 2 rings (SSSR count). The van der Waals surface area contributed by atoms with Crippen LogP contribution >= 0.6 is 0 Å². The zero-order valence-corrected chi connectivity index (χ0v) is 10.3. The molecule has 0 radical (unpaired) electrons. The van der Waals surface area contributed by atoms with Gasteiger partial charge in [0, 0.05) is 6.04 Å². The van der Waals surface area contributed by atoms with E-state index in [9.17, 15) is 0 Å². The topological polar surface area (TPSA) is 12.0 Å². The standard InChI is InChI=1S/C14H27N/c1-2-13-9-5-6-10-14(13)15-11-12-7-3-4-8-12/h12-15H,2-11H2,1H3. The van der Waals surface area contributed by atoms with Gasteiger partial charge >= 0.3 is 0 Å². The Morgan fingerprint density at radius 1 is 0.933 bits per heavy atom. The summed E-state index contributed by atoms with van der Waals surface area (Å²) in [5.41, 5.74) is 0. The summed E-state index contributed by atoms with van der Waals surface area (Å²) in [4.78, 5) is 0. The van der Waals surface area contributed by atoms with Gasteiger partial charge in [0.05, 0.1) is 0 Å². The quantitative estimate of drug-likeness (QED) is 0.744. The number of rotatable bonds is 4. The molecule has 0 saturated heterocycles. The summed E-state index contributed by atoms with van der Waals surface area (Å²) in [6, 6.07) is 0.851. The van der Waals surface area contributed by atoms with Crippen LogP contribution in [0.2, 0.25) is 0 Å². The van der Waals surface area contributed by atoms with E-state index < -0.39 is 0 Å². The SMILES string of the molecule is CCC1CCCCC1NCC1CCCC1. The Kier molecular flexibility index (Phi) is 4.49. The third-order valence-corrected chi connectivity index (χ3v) is 4.58. The lowest BCUT2D eigenvalue weighted by Gasteiger charge is -2.32. The summed E-state index contributed by atoms with van der Waals surface area (Å²) in [5.74, 6) is 1.98. The second-order valence-corrected chi connectivity index (χ2v) is 5.62. The fourth-order valence-electron chi connectivity index (χ4n) is 3.50. The average molecular weight is 209 g/mol. The molecule has 0 spiro atoms. The summed E-state index contributed by atoms with van der Waals surface area (Å²) < 4.78 is 0. The molecule has 1 nitrogen and oxygen atoms in total. The van der Waals surface area contributed by atoms with Crippen LogP contribution in [0.15, 0.2) is 0 Å². The Hall–Kier alpha value is -0.0400. The number of hydrogen-bond donors (Lipinski definition) is 1. The predicted molar refractivity (Wildman–Crippen MR) is 66.0 cm³/mol. The first-order valence-corrected chi connectivity index (χ1v) is 7.13. The van der Waals surface area contributed by atoms with Gasteiger partial charge in [-0.3, -0.25) is 0 Å². The second kappa shape index (κ2) is 5.89. The molecule has 0 heterocycles. The van der Waals surface area contributed by atoms with Crippen molar-refractivity contribution < 1.29 is 0 Å². The minimum Gasteiger partial charge on any atom is -0.313 e. The van der Waals surface area contributed by atoms with Gasteiger partial charge in [0.2, 0.25) is 0 Å². The first kappa shape index (κ1) is 11.4. The van der Waals surface area contributed by atoms with Crippen molar-refractivity contribution in [2.24, 2.45) is 11.8 Å². The zero-order valence-electron chi connectivity index (χ0n) is 10.3. The summed E-state index contributed by atoms with van der Waals surface area (Å²) in [7, 11) is 0. The van der Waals surface area contributed by atoms with Crippen LogP contribution in [-0.2, 0) is 0 Å². The Morgan fingerprint density at radius 2 is 1.60 bits per heavy atom. The van der Waals surface area contributed by atoms with Crippen LogP contribution in [0, 0.1) is 11.8 Å². The molecular formula is C14H27N. The van der Waals surface area contributed by atoms with Crippen molar-refractivity contribution in [1.82, 2.24) is 5.32 Å². The van der Waals surface area contributed by atoms with Crippen LogP contribution in [0.5, 0.6) is 0 Å². The Morgan fingerprint density at radius 3 is 2.33 bits per heavy atom. The summed E-state index contributed by atoms with van der Waals surface area (Å²) in [5, 5.41) is 3.86. The van der Waals surface area contributed by atoms with Crippen molar-refractivity contribution in [2.45, 2.75) is 70.8 Å². The molecule has 0 aliphatic heterocycles. The average Bonchev–Trinajstić information content (AvgIpc) is 2.79. The Labute approximate surface area is 95.0 Å². The van der Waals surface area contributed by atoms with E-state index in [1.54, 1.807) is 0 Å². The molecule has 15 heavy (non-hydrogen) atoms. The first-order chi connectivity index (χ1) is 7.40. The first-order valence-electron chi connectivity index (χ1n) is 7.13. The lowest BCUT2D eigenvalue weighted by atomic mass is 9.82. The number of hydrogen-bond acceptors (Lipinski definition) is 1. The van der Waals surface area contributed by atoms with Crippen LogP contribution in [0.3, 0.4) is 0 Å². The van der Waals surface area contributed by atoms with Gasteiger partial charge in [0.25, 0.3) is 0 Å². The van der Waals surface area contributed by atoms with Crippen molar-refractivity contribution in [3.05, 3.63) is 0 Å². The predicted octanol–water partition coefficient (Wildman–Crippen LogP) is 3.74. The molecule has 0 aromatic heterocycles. The molecule has 2 saturated carbocycles. The van der Waals surface area contributed by atoms with Gasteiger partial charge < -0.3 is 5.32 Å². The molecule has 0 aromatic carbocycles. The van der Waals surface area contributed by atoms with E-state index in [1.807, 2.05) is 0 Å². The van der Waals surface area contributed by atoms with Crippen molar-refractivity contribution in [1.29, 1.82) is 0 Å². The summed E-state index contributed by atoms with van der Waals surface area (Å²) in [6.45, 7) is 3.67. The fourth-order valence-corrected chi connectivity index (χ4v) is 3.50. The smallest absolute Gasteiger partial charge is 0.00953 e. The van der Waals surface area contributed by atoms with E-state index in [0.29, 0.717) is 0 Å². The lowest BCUT2D eigenvalue weighted by molar-refractivity contribution is 0.246. The van der Waals surface area contributed by atoms with Crippen molar-refractivity contribution >= 4 is 0 Å². The van der Waals surface area contributed by atoms with Gasteiger partial charge in [0.1, 0.15) is 0 Å². The minimum atomic E-state index is 0.851. The summed E-state index contributed by atoms with van der Waals surface area (Å²) in [6.07, 6.45) is 13.1. The molecule has 1 heteroatoms. The molecule has 88 valence electrons. The molecule has 2 aliphatic rings. The highest BCUT2D eigenvalue weighted by Gasteiger charge is 2.24. The highest BCUT2D eigenvalue weighted by atomic mass is 14.9. The van der Waals surface area contributed by atoms with Crippen LogP contribution in [0.1, 0.15) is 64.7 Å². The highest BCUT2D eigenvalue weighted by molar-refractivity contribution is 4.81.